The van der Waals surface area contributed by atoms with Crippen molar-refractivity contribution in [1.82, 2.24) is 40.7 Å². The number of H-pyrrole nitrogens is 1. The van der Waals surface area contributed by atoms with Gasteiger partial charge in [-0.25, -0.2) is 14.6 Å². The lowest BCUT2D eigenvalue weighted by molar-refractivity contribution is -0.140. The van der Waals surface area contributed by atoms with Crippen LogP contribution < -0.4 is 16.0 Å². The lowest BCUT2D eigenvalue weighted by Gasteiger charge is -2.28. The summed E-state index contributed by atoms with van der Waals surface area (Å²) in [4.78, 5) is 81.2. The first-order valence-electron chi connectivity index (χ1n) is 19.5. The predicted octanol–water partition coefficient (Wildman–Crippen LogP) is 5.60. The van der Waals surface area contributed by atoms with E-state index in [9.17, 15) is 24.0 Å². The molecule has 2 aromatic heterocycles. The van der Waals surface area contributed by atoms with Crippen LogP contribution in [0.4, 0.5) is 9.59 Å². The summed E-state index contributed by atoms with van der Waals surface area (Å²) in [6, 6.07) is 26.9. The van der Waals surface area contributed by atoms with E-state index < -0.39 is 30.3 Å². The van der Waals surface area contributed by atoms with E-state index in [1.54, 1.807) is 53.7 Å². The zero-order chi connectivity index (χ0) is 41.3. The second kappa shape index (κ2) is 18.5. The minimum atomic E-state index is -0.991. The molecule has 15 heteroatoms. The Morgan fingerprint density at radius 3 is 1.83 bits per heavy atom. The molecule has 4 atom stereocenters. The highest BCUT2D eigenvalue weighted by atomic mass is 16.5. The molecule has 3 aromatic carbocycles. The number of hydrogen-bond acceptors (Lipinski definition) is 9. The maximum atomic E-state index is 13.9. The van der Waals surface area contributed by atoms with Crippen molar-refractivity contribution in [3.8, 4) is 22.4 Å². The molecule has 2 saturated heterocycles. The smallest absolute Gasteiger partial charge is 0.407 e. The number of aromatic nitrogens is 3. The minimum Gasteiger partial charge on any atom is -0.453 e. The van der Waals surface area contributed by atoms with Gasteiger partial charge < -0.3 is 40.2 Å². The Morgan fingerprint density at radius 1 is 0.678 bits per heavy atom. The van der Waals surface area contributed by atoms with E-state index in [0.717, 1.165) is 35.2 Å². The molecule has 0 aliphatic carbocycles. The first-order valence-corrected chi connectivity index (χ1v) is 19.5. The molecule has 304 valence electrons. The predicted molar refractivity (Wildman–Crippen MR) is 217 cm³/mol. The van der Waals surface area contributed by atoms with Crippen molar-refractivity contribution in [1.29, 1.82) is 0 Å². The molecule has 0 saturated carbocycles. The Kier molecular flexibility index (Phi) is 12.6. The maximum absolute atomic E-state index is 13.9. The van der Waals surface area contributed by atoms with Gasteiger partial charge in [-0.2, -0.15) is 0 Å². The number of carbonyl (C=O) groups is 5. The van der Waals surface area contributed by atoms with E-state index in [0.29, 0.717) is 48.6 Å². The van der Waals surface area contributed by atoms with Gasteiger partial charge in [-0.1, -0.05) is 91.0 Å². The Labute approximate surface area is 341 Å². The number of hydrogen-bond donors (Lipinski definition) is 4. The highest BCUT2D eigenvalue weighted by Crippen LogP contribution is 2.34. The number of benzene rings is 3. The van der Waals surface area contributed by atoms with Crippen LogP contribution in [0.25, 0.3) is 22.4 Å². The number of ether oxygens (including phenoxy) is 2. The average Bonchev–Trinajstić information content (AvgIpc) is 4.09. The third-order valence-corrected chi connectivity index (χ3v) is 10.7. The molecule has 5 amide bonds. The lowest BCUT2D eigenvalue weighted by atomic mass is 10.0. The van der Waals surface area contributed by atoms with Crippen LogP contribution in [0.1, 0.15) is 66.5 Å². The van der Waals surface area contributed by atoms with E-state index >= 15 is 0 Å². The normalized spacial score (nSPS) is 17.1. The molecule has 7 rings (SSSR count). The Balaban J connectivity index is 0.958. The number of carbonyl (C=O) groups excluding carboxylic acids is 5. The van der Waals surface area contributed by atoms with Gasteiger partial charge in [0, 0.05) is 24.8 Å². The molecule has 4 heterocycles. The summed E-state index contributed by atoms with van der Waals surface area (Å²) in [7, 11) is 2.50. The third kappa shape index (κ3) is 9.25. The number of methoxy groups -OCH3 is 2. The Bertz CT molecular complexity index is 2250. The van der Waals surface area contributed by atoms with Crippen molar-refractivity contribution in [2.75, 3.05) is 27.3 Å². The Morgan fingerprint density at radius 2 is 1.24 bits per heavy atom. The minimum absolute atomic E-state index is 0.181. The quantitative estimate of drug-likeness (QED) is 0.125. The average molecular weight is 799 g/mol. The largest absolute Gasteiger partial charge is 0.453 e. The number of alkyl carbamates (subject to hydrolysis) is 2. The molecule has 2 aliphatic rings. The zero-order valence-corrected chi connectivity index (χ0v) is 32.8. The van der Waals surface area contributed by atoms with Gasteiger partial charge in [-0.15, -0.1) is 0 Å². The molecule has 59 heavy (non-hydrogen) atoms. The van der Waals surface area contributed by atoms with Crippen molar-refractivity contribution in [2.45, 2.75) is 56.4 Å². The standard InChI is InChI=1S/C44H46N8O7/c1-58-43(56)49-37(30-11-5-3-6-12-30)41(54)51-23-9-15-35(51)39-46-27-34(48-39)29-19-17-28(18-20-29)32-21-22-33(45-25-32)26-47-40(53)36-16-10-24-52(36)42(55)38(50-44(57)59-2)31-13-7-4-8-14-31/h3-8,11-14,17-22,25,27,35-38H,9-10,15-16,23-24,26H2,1-2H3,(H,46,48)(H,47,53)(H,49,56)(H,50,57)/t35-,36-,37+,38+/m0/s1. The van der Waals surface area contributed by atoms with Gasteiger partial charge in [0.1, 0.15) is 23.9 Å². The van der Waals surface area contributed by atoms with Crippen molar-refractivity contribution in [3.05, 3.63) is 132 Å². The first-order chi connectivity index (χ1) is 28.7. The fourth-order valence-electron chi connectivity index (χ4n) is 7.66. The third-order valence-electron chi connectivity index (χ3n) is 10.7. The van der Waals surface area contributed by atoms with Crippen molar-refractivity contribution in [3.63, 3.8) is 0 Å². The summed E-state index contributed by atoms with van der Waals surface area (Å²) in [5.41, 5.74) is 5.48. The molecular weight excluding hydrogens is 753 g/mol. The highest BCUT2D eigenvalue weighted by molar-refractivity contribution is 5.92. The molecule has 0 unspecified atom stereocenters. The van der Waals surface area contributed by atoms with Gasteiger partial charge in [-0.05, 0) is 54.0 Å². The van der Waals surface area contributed by atoms with Gasteiger partial charge >= 0.3 is 12.2 Å². The van der Waals surface area contributed by atoms with Crippen LogP contribution in [0.15, 0.2) is 109 Å². The summed E-state index contributed by atoms with van der Waals surface area (Å²) in [6.07, 6.45) is 4.78. The second-order valence-electron chi connectivity index (χ2n) is 14.4. The number of imidazole rings is 1. The molecule has 0 bridgehead atoms. The zero-order valence-electron chi connectivity index (χ0n) is 32.8. The first kappa shape index (κ1) is 40.2. The van der Waals surface area contributed by atoms with Crippen LogP contribution in [-0.2, 0) is 30.4 Å². The number of amides is 5. The van der Waals surface area contributed by atoms with Crippen LogP contribution in [0.5, 0.6) is 0 Å². The number of nitrogens with one attached hydrogen (secondary N) is 4. The molecule has 2 fully saturated rings. The van der Waals surface area contributed by atoms with Gasteiger partial charge in [0.15, 0.2) is 0 Å². The molecule has 15 nitrogen and oxygen atoms in total. The molecular formula is C44H46N8O7. The number of nitrogens with zero attached hydrogens (tertiary/aromatic N) is 4. The lowest BCUT2D eigenvalue weighted by Crippen LogP contribution is -2.50. The number of likely N-dealkylation sites (tertiary alicyclic amines) is 2. The molecule has 0 radical (unpaired) electrons. The Hall–Kier alpha value is -7.03. The number of aromatic amines is 1. The summed E-state index contributed by atoms with van der Waals surface area (Å²) in [6.45, 7) is 1.11. The van der Waals surface area contributed by atoms with E-state index in [1.807, 2.05) is 60.7 Å². The summed E-state index contributed by atoms with van der Waals surface area (Å²) in [5, 5.41) is 8.24. The van der Waals surface area contributed by atoms with Crippen molar-refractivity contribution in [2.24, 2.45) is 0 Å². The van der Waals surface area contributed by atoms with Crippen LogP contribution in [-0.4, -0.2) is 88.0 Å². The number of rotatable bonds is 12. The van der Waals surface area contributed by atoms with Crippen molar-refractivity contribution < 1.29 is 33.4 Å². The summed E-state index contributed by atoms with van der Waals surface area (Å²) < 4.78 is 9.57. The molecule has 4 N–H and O–H groups in total. The molecule has 2 aliphatic heterocycles. The van der Waals surface area contributed by atoms with Crippen LogP contribution >= 0.6 is 0 Å². The van der Waals surface area contributed by atoms with Crippen molar-refractivity contribution >= 4 is 29.9 Å². The van der Waals surface area contributed by atoms with E-state index in [2.05, 4.69) is 30.9 Å². The topological polar surface area (TPSA) is 188 Å². The van der Waals surface area contributed by atoms with E-state index in [1.165, 1.54) is 19.1 Å². The molecule has 0 spiro atoms. The fourth-order valence-corrected chi connectivity index (χ4v) is 7.66. The van der Waals surface area contributed by atoms with Crippen LogP contribution in [0.3, 0.4) is 0 Å². The van der Waals surface area contributed by atoms with Gasteiger partial charge in [0.2, 0.25) is 5.91 Å². The monoisotopic (exact) mass is 798 g/mol. The number of pyridine rings is 1. The van der Waals surface area contributed by atoms with E-state index in [4.69, 9.17) is 9.47 Å². The van der Waals surface area contributed by atoms with Crippen LogP contribution in [0, 0.1) is 0 Å². The fraction of sp³-hybridized carbons (Fsp3) is 0.295. The van der Waals surface area contributed by atoms with Gasteiger partial charge in [0.25, 0.3) is 11.8 Å². The van der Waals surface area contributed by atoms with Gasteiger partial charge in [0.05, 0.1) is 44.4 Å². The summed E-state index contributed by atoms with van der Waals surface area (Å²) >= 11 is 0. The highest BCUT2D eigenvalue weighted by Gasteiger charge is 2.39. The van der Waals surface area contributed by atoms with Gasteiger partial charge in [-0.3, -0.25) is 19.4 Å². The van der Waals surface area contributed by atoms with Crippen LogP contribution in [0.2, 0.25) is 0 Å². The summed E-state index contributed by atoms with van der Waals surface area (Å²) in [5.74, 6) is -0.227. The maximum Gasteiger partial charge on any atom is 0.407 e. The van der Waals surface area contributed by atoms with E-state index in [-0.39, 0.29) is 30.3 Å². The SMILES string of the molecule is COC(=O)N[C@@H](C(=O)N1CCC[C@H]1C(=O)NCc1ccc(-c2ccc(-c3cnc([C@@H]4CCCN4C(=O)[C@H](NC(=O)OC)c4ccccc4)[nH]3)cc2)cn1)c1ccccc1. The molecule has 5 aromatic rings. The second-order valence-corrected chi connectivity index (χ2v) is 14.4.